The van der Waals surface area contributed by atoms with Crippen molar-refractivity contribution in [2.24, 2.45) is 0 Å². The Morgan fingerprint density at radius 3 is 2.93 bits per heavy atom. The largest absolute Gasteiger partial charge is 0.434 e. The minimum Gasteiger partial charge on any atom is -0.434 e. The first-order valence-electron chi connectivity index (χ1n) is 8.77. The number of aromatic nitrogens is 5. The third-order valence-electron chi connectivity index (χ3n) is 5.46. The Morgan fingerprint density at radius 1 is 1.18 bits per heavy atom. The smallest absolute Gasteiger partial charge is 0.387 e. The molecule has 0 amide bonds. The van der Waals surface area contributed by atoms with Crippen molar-refractivity contribution in [1.82, 2.24) is 24.3 Å². The molecule has 2 aliphatic rings. The molecule has 0 radical (unpaired) electrons. The van der Waals surface area contributed by atoms with Gasteiger partial charge in [0, 0.05) is 22.6 Å². The van der Waals surface area contributed by atoms with E-state index in [2.05, 4.69) is 14.6 Å². The van der Waals surface area contributed by atoms with Crippen LogP contribution >= 0.6 is 11.6 Å². The molecule has 0 saturated carbocycles. The summed E-state index contributed by atoms with van der Waals surface area (Å²) >= 11 is 6.22. The summed E-state index contributed by atoms with van der Waals surface area (Å²) in [5.41, 5.74) is 3.05. The predicted octanol–water partition coefficient (Wildman–Crippen LogP) is 4.45. The van der Waals surface area contributed by atoms with Gasteiger partial charge in [0.05, 0.1) is 17.1 Å². The van der Waals surface area contributed by atoms with Gasteiger partial charge in [0.15, 0.2) is 5.82 Å². The van der Waals surface area contributed by atoms with E-state index in [4.69, 9.17) is 21.3 Å². The number of alkyl halides is 2. The second kappa shape index (κ2) is 5.51. The lowest BCUT2D eigenvalue weighted by Gasteiger charge is -2.21. The van der Waals surface area contributed by atoms with Gasteiger partial charge in [-0.05, 0) is 24.3 Å². The van der Waals surface area contributed by atoms with Crippen LogP contribution in [0.15, 0.2) is 42.7 Å². The van der Waals surface area contributed by atoms with Crippen molar-refractivity contribution in [3.63, 3.8) is 0 Å². The Bertz CT molecular complexity index is 1250. The van der Waals surface area contributed by atoms with Crippen LogP contribution in [0, 0.1) is 0 Å². The lowest BCUT2D eigenvalue weighted by atomic mass is 9.97. The van der Waals surface area contributed by atoms with Gasteiger partial charge in [-0.15, -0.1) is 0 Å². The molecule has 0 fully saturated rings. The van der Waals surface area contributed by atoms with Crippen molar-refractivity contribution in [2.75, 3.05) is 0 Å². The van der Waals surface area contributed by atoms with Crippen molar-refractivity contribution in [3.8, 4) is 17.1 Å². The fourth-order valence-electron chi connectivity index (χ4n) is 4.48. The minimum atomic E-state index is -2.92. The summed E-state index contributed by atoms with van der Waals surface area (Å²) in [7, 11) is 0. The lowest BCUT2D eigenvalue weighted by molar-refractivity contribution is -0.0506. The summed E-state index contributed by atoms with van der Waals surface area (Å²) in [5.74, 6) is 1.58. The molecular weight excluding hydrogens is 388 g/mol. The predicted molar refractivity (Wildman–Crippen MR) is 97.7 cm³/mol. The molecule has 2 aromatic carbocycles. The number of halogens is 3. The van der Waals surface area contributed by atoms with Crippen LogP contribution in [0.25, 0.3) is 22.4 Å². The first-order chi connectivity index (χ1) is 13.6. The van der Waals surface area contributed by atoms with E-state index >= 15 is 0 Å². The van der Waals surface area contributed by atoms with Crippen LogP contribution in [0.1, 0.15) is 29.9 Å². The van der Waals surface area contributed by atoms with E-state index < -0.39 is 6.61 Å². The zero-order chi connectivity index (χ0) is 19.0. The van der Waals surface area contributed by atoms with E-state index in [1.54, 1.807) is 18.2 Å². The van der Waals surface area contributed by atoms with Crippen molar-refractivity contribution in [2.45, 2.75) is 25.1 Å². The Morgan fingerprint density at radius 2 is 2.07 bits per heavy atom. The molecule has 6 rings (SSSR count). The summed E-state index contributed by atoms with van der Waals surface area (Å²) in [4.78, 5) is 9.18. The molecule has 4 aromatic rings. The topological polar surface area (TPSA) is 57.8 Å². The molecule has 0 N–H and O–H groups in total. The molecule has 0 saturated heterocycles. The number of imidazole rings is 1. The molecule has 28 heavy (non-hydrogen) atoms. The fourth-order valence-corrected chi connectivity index (χ4v) is 4.64. The van der Waals surface area contributed by atoms with Crippen LogP contribution < -0.4 is 4.74 Å². The summed E-state index contributed by atoms with van der Waals surface area (Å²) in [5, 5.41) is 5.00. The first kappa shape index (κ1) is 16.0. The molecule has 0 aliphatic carbocycles. The summed E-state index contributed by atoms with van der Waals surface area (Å²) in [6, 6.07) is 10.2. The van der Waals surface area contributed by atoms with Gasteiger partial charge in [-0.1, -0.05) is 23.7 Å². The van der Waals surface area contributed by atoms with Crippen molar-refractivity contribution in [3.05, 3.63) is 59.1 Å². The van der Waals surface area contributed by atoms with E-state index in [0.717, 1.165) is 22.4 Å². The average molecular weight is 400 g/mol. The molecule has 140 valence electrons. The number of ether oxygens (including phenoxy) is 1. The molecule has 0 spiro atoms. The van der Waals surface area contributed by atoms with Crippen LogP contribution in [-0.4, -0.2) is 30.9 Å². The maximum absolute atomic E-state index is 13.1. The molecule has 2 bridgehead atoms. The normalized spacial score (nSPS) is 19.4. The molecule has 4 heterocycles. The summed E-state index contributed by atoms with van der Waals surface area (Å²) < 4.78 is 35.0. The number of rotatable bonds is 2. The third-order valence-corrected chi connectivity index (χ3v) is 5.69. The standard InChI is InChI=1S/C19H12ClF2N5O/c20-9-4-5-11-12(6-9)26-13-7-14(18(26)25-11)27-17(23-8-24-27)10-2-1-3-15(16(10)13)28-19(21)22/h1-6,8,13-14,19H,7H2/t13-,14-/m1/s1. The van der Waals surface area contributed by atoms with Gasteiger partial charge in [0.2, 0.25) is 0 Å². The van der Waals surface area contributed by atoms with Gasteiger partial charge >= 0.3 is 6.61 Å². The number of benzene rings is 2. The van der Waals surface area contributed by atoms with Crippen LogP contribution in [-0.2, 0) is 0 Å². The Kier molecular flexibility index (Phi) is 3.15. The van der Waals surface area contributed by atoms with Crippen LogP contribution in [0.5, 0.6) is 5.75 Å². The highest BCUT2D eigenvalue weighted by Gasteiger charge is 2.43. The van der Waals surface area contributed by atoms with E-state index in [1.807, 2.05) is 22.9 Å². The van der Waals surface area contributed by atoms with Crippen LogP contribution in [0.4, 0.5) is 8.78 Å². The zero-order valence-corrected chi connectivity index (χ0v) is 15.0. The maximum atomic E-state index is 13.1. The third kappa shape index (κ3) is 2.03. The average Bonchev–Trinajstić information content (AvgIpc) is 3.33. The molecule has 2 aromatic heterocycles. The summed E-state index contributed by atoms with van der Waals surface area (Å²) in [6.45, 7) is -2.92. The van der Waals surface area contributed by atoms with Crippen molar-refractivity contribution < 1.29 is 13.5 Å². The Labute approximate surface area is 162 Å². The highest BCUT2D eigenvalue weighted by molar-refractivity contribution is 6.31. The van der Waals surface area contributed by atoms with Gasteiger partial charge in [0.1, 0.15) is 23.9 Å². The molecule has 6 nitrogen and oxygen atoms in total. The monoisotopic (exact) mass is 399 g/mol. The van der Waals surface area contributed by atoms with Gasteiger partial charge in [-0.3, -0.25) is 0 Å². The lowest BCUT2D eigenvalue weighted by Crippen LogP contribution is -2.14. The van der Waals surface area contributed by atoms with E-state index in [9.17, 15) is 8.78 Å². The minimum absolute atomic E-state index is 0.143. The molecular formula is C19H12ClF2N5O. The summed E-state index contributed by atoms with van der Waals surface area (Å²) in [6.07, 6.45) is 2.10. The van der Waals surface area contributed by atoms with E-state index in [-0.39, 0.29) is 17.8 Å². The Balaban J connectivity index is 1.71. The molecule has 9 heteroatoms. The maximum Gasteiger partial charge on any atom is 0.387 e. The van der Waals surface area contributed by atoms with Gasteiger partial charge in [0.25, 0.3) is 0 Å². The molecule has 2 atom stereocenters. The second-order valence-electron chi connectivity index (χ2n) is 6.86. The van der Waals surface area contributed by atoms with Crippen molar-refractivity contribution in [1.29, 1.82) is 0 Å². The molecule has 0 unspecified atom stereocenters. The Hall–Kier alpha value is -3.00. The van der Waals surface area contributed by atoms with Gasteiger partial charge in [-0.2, -0.15) is 13.9 Å². The molecule has 2 aliphatic heterocycles. The highest BCUT2D eigenvalue weighted by atomic mass is 35.5. The van der Waals surface area contributed by atoms with Crippen LogP contribution in [0.3, 0.4) is 0 Å². The zero-order valence-electron chi connectivity index (χ0n) is 14.3. The first-order valence-corrected chi connectivity index (χ1v) is 9.14. The van der Waals surface area contributed by atoms with Gasteiger partial charge < -0.3 is 9.30 Å². The van der Waals surface area contributed by atoms with Crippen molar-refractivity contribution >= 4 is 22.6 Å². The van der Waals surface area contributed by atoms with E-state index in [1.165, 1.54) is 6.33 Å². The van der Waals surface area contributed by atoms with Crippen LogP contribution in [0.2, 0.25) is 5.02 Å². The number of nitrogens with zero attached hydrogens (tertiary/aromatic N) is 5. The number of fused-ring (bicyclic) bond motifs is 6. The fraction of sp³-hybridized carbons (Fsp3) is 0.211. The van der Waals surface area contributed by atoms with E-state index in [0.29, 0.717) is 22.8 Å². The quantitative estimate of drug-likeness (QED) is 0.500. The number of hydrogen-bond acceptors (Lipinski definition) is 4. The number of hydrogen-bond donors (Lipinski definition) is 0. The highest BCUT2D eigenvalue weighted by Crippen LogP contribution is 2.51. The van der Waals surface area contributed by atoms with Gasteiger partial charge in [-0.25, -0.2) is 14.6 Å². The SMILES string of the molecule is FC(F)Oc1cccc2c1[C@H]1C[C@H](c3nc4ccc(Cl)cc4n31)n1ncnc1-2. The second-order valence-corrected chi connectivity index (χ2v) is 7.30.